The van der Waals surface area contributed by atoms with Gasteiger partial charge < -0.3 is 63.6 Å². The predicted octanol–water partition coefficient (Wildman–Crippen LogP) is 5.03. The molecule has 2 saturated heterocycles. The van der Waals surface area contributed by atoms with Crippen molar-refractivity contribution < 1.29 is 87.1 Å². The van der Waals surface area contributed by atoms with Gasteiger partial charge in [0.15, 0.2) is 12.1 Å². The number of phenolic OH excluding ortho intramolecular Hbond substituents is 1. The van der Waals surface area contributed by atoms with Gasteiger partial charge in [-0.2, -0.15) is 0 Å². The van der Waals surface area contributed by atoms with Gasteiger partial charge in [0.2, 0.25) is 11.6 Å². The summed E-state index contributed by atoms with van der Waals surface area (Å²) in [7, 11) is 0. The van der Waals surface area contributed by atoms with Crippen LogP contribution in [0.4, 0.5) is 0 Å². The smallest absolute Gasteiger partial charge is 0.312 e. The third kappa shape index (κ3) is 11.8. The summed E-state index contributed by atoms with van der Waals surface area (Å²) in [5, 5.41) is 50.1. The lowest BCUT2D eigenvalue weighted by Crippen LogP contribution is -2.50. The maximum absolute atomic E-state index is 14.0. The minimum absolute atomic E-state index is 0.0108. The molecular formula is C52H69NO18. The molecule has 5 N–H and O–H groups in total. The number of phenols is 1. The highest BCUT2D eigenvalue weighted by Crippen LogP contribution is 2.50. The van der Waals surface area contributed by atoms with Crippen LogP contribution in [-0.4, -0.2) is 123 Å². The van der Waals surface area contributed by atoms with Crippen molar-refractivity contribution in [3.8, 4) is 11.5 Å². The summed E-state index contributed by atoms with van der Waals surface area (Å²) >= 11 is 0. The van der Waals surface area contributed by atoms with Crippen LogP contribution in [-0.2, 0) is 52.3 Å². The largest absolute Gasteiger partial charge is 0.507 e. The first kappa shape index (κ1) is 55.0. The number of rotatable bonds is 8. The van der Waals surface area contributed by atoms with Crippen LogP contribution < -0.4 is 10.1 Å². The number of ether oxygens (including phenoxy) is 8. The topological polar surface area (TPSA) is 269 Å². The summed E-state index contributed by atoms with van der Waals surface area (Å²) in [6, 6.07) is 0. The molecular weight excluding hydrogens is 927 g/mol. The lowest BCUT2D eigenvalue weighted by atomic mass is 9.77. The van der Waals surface area contributed by atoms with Gasteiger partial charge in [0.1, 0.15) is 42.4 Å². The van der Waals surface area contributed by atoms with E-state index in [4.69, 9.17) is 37.9 Å². The van der Waals surface area contributed by atoms with Crippen LogP contribution in [0, 0.1) is 36.0 Å². The molecule has 0 aromatic heterocycles. The zero-order valence-corrected chi connectivity index (χ0v) is 42.4. The van der Waals surface area contributed by atoms with Gasteiger partial charge in [-0.3, -0.25) is 28.8 Å². The van der Waals surface area contributed by atoms with Crippen LogP contribution in [0.5, 0.6) is 11.5 Å². The third-order valence-corrected chi connectivity index (χ3v) is 14.2. The number of hydrogen-bond donors (Lipinski definition) is 5. The molecule has 390 valence electrons. The molecule has 1 aromatic rings. The monoisotopic (exact) mass is 995 g/mol. The van der Waals surface area contributed by atoms with Gasteiger partial charge in [0, 0.05) is 78.7 Å². The fraction of sp³-hybridized carbons (Fsp3) is 0.615. The number of allylic oxidation sites excluding steroid dienone is 4. The van der Waals surface area contributed by atoms with Crippen molar-refractivity contribution in [3.63, 3.8) is 0 Å². The number of nitrogens with one attached hydrogen (secondary N) is 1. The molecule has 15 atom stereocenters. The summed E-state index contributed by atoms with van der Waals surface area (Å²) in [4.78, 5) is 80.0. The number of hydrogen-bond acceptors (Lipinski definition) is 18. The first-order valence-corrected chi connectivity index (χ1v) is 24.0. The lowest BCUT2D eigenvalue weighted by molar-refractivity contribution is -0.246. The van der Waals surface area contributed by atoms with Crippen LogP contribution in [0.3, 0.4) is 0 Å². The number of aliphatic hydroxyl groups excluding tert-OH is 3. The second-order valence-electron chi connectivity index (χ2n) is 20.5. The Bertz CT molecular complexity index is 2390. The fourth-order valence-corrected chi connectivity index (χ4v) is 10.1. The van der Waals surface area contributed by atoms with Gasteiger partial charge in [0.05, 0.1) is 66.0 Å². The van der Waals surface area contributed by atoms with Crippen molar-refractivity contribution in [1.82, 2.24) is 5.32 Å². The Kier molecular flexibility index (Phi) is 16.9. The number of Topliss-reactive ketones (excluding diaryl/α,β-unsaturated/α-hetero) is 2. The molecule has 19 nitrogen and oxygen atoms in total. The highest BCUT2D eigenvalue weighted by Gasteiger charge is 2.48. The van der Waals surface area contributed by atoms with E-state index in [1.807, 2.05) is 6.92 Å². The Labute approximate surface area is 413 Å². The Balaban J connectivity index is 1.45. The highest BCUT2D eigenvalue weighted by atomic mass is 16.7. The number of carbonyl (C=O) groups is 6. The maximum atomic E-state index is 14.0. The number of esters is 2. The maximum Gasteiger partial charge on any atom is 0.312 e. The molecule has 1 aromatic carbocycles. The Morgan fingerprint density at radius 3 is 2.31 bits per heavy atom. The van der Waals surface area contributed by atoms with Crippen LogP contribution in [0.1, 0.15) is 133 Å². The van der Waals surface area contributed by atoms with E-state index in [0.717, 1.165) is 6.08 Å². The second kappa shape index (κ2) is 21.8. The van der Waals surface area contributed by atoms with E-state index in [0.29, 0.717) is 0 Å². The summed E-state index contributed by atoms with van der Waals surface area (Å²) in [6.07, 6.45) is -1.67. The SMILES string of the molecule is CC(=O)CC(C)(C)C(=O)OC(C)C1/C=C/C=C(/C)C(=O)NC2=CC(=O)c3c(c(O)c(C)c4c3C(O)CC(C)(O/C=C/C(OC3CC5OCOC5C(C)O3)C(C)C(OC(C)=O)C(C)C(O)C(C)C1O)O4)C2=O. The summed E-state index contributed by atoms with van der Waals surface area (Å²) < 4.78 is 48.8. The Hall–Kier alpha value is -5.28. The van der Waals surface area contributed by atoms with E-state index in [9.17, 15) is 49.2 Å². The number of ketones is 3. The van der Waals surface area contributed by atoms with Gasteiger partial charge in [0.25, 0.3) is 5.91 Å². The first-order valence-electron chi connectivity index (χ1n) is 24.0. The van der Waals surface area contributed by atoms with Crippen LogP contribution in [0.15, 0.2) is 47.9 Å². The van der Waals surface area contributed by atoms with Gasteiger partial charge in [-0.25, -0.2) is 0 Å². The van der Waals surface area contributed by atoms with Crippen molar-refractivity contribution in [1.29, 1.82) is 0 Å². The van der Waals surface area contributed by atoms with Gasteiger partial charge in [-0.05, 0) is 54.5 Å². The normalized spacial score (nSPS) is 35.8. The van der Waals surface area contributed by atoms with E-state index >= 15 is 0 Å². The number of fused-ring (bicyclic) bond motifs is 3. The van der Waals surface area contributed by atoms with Crippen LogP contribution in [0.2, 0.25) is 0 Å². The zero-order valence-electron chi connectivity index (χ0n) is 42.4. The van der Waals surface area contributed by atoms with Crippen molar-refractivity contribution in [3.05, 3.63) is 70.2 Å². The summed E-state index contributed by atoms with van der Waals surface area (Å²) in [5.41, 5.74) is -2.42. The molecule has 6 bridgehead atoms. The summed E-state index contributed by atoms with van der Waals surface area (Å²) in [5.74, 6) is -10.3. The lowest BCUT2D eigenvalue weighted by Gasteiger charge is -2.41. The van der Waals surface area contributed by atoms with Gasteiger partial charge in [-0.15, -0.1) is 0 Å². The molecule has 15 unspecified atom stereocenters. The van der Waals surface area contributed by atoms with Gasteiger partial charge in [-0.1, -0.05) is 39.0 Å². The first-order chi connectivity index (χ1) is 33.2. The van der Waals surface area contributed by atoms with E-state index in [1.165, 1.54) is 72.1 Å². The third-order valence-electron chi connectivity index (χ3n) is 14.2. The number of amides is 1. The molecule has 8 aliphatic rings. The van der Waals surface area contributed by atoms with Crippen LogP contribution >= 0.6 is 0 Å². The minimum atomic E-state index is -1.66. The van der Waals surface area contributed by atoms with Crippen molar-refractivity contribution in [2.45, 2.75) is 169 Å². The Morgan fingerprint density at radius 1 is 0.958 bits per heavy atom. The molecule has 0 spiro atoms. The van der Waals surface area contributed by atoms with Crippen molar-refractivity contribution in [2.24, 2.45) is 29.1 Å². The minimum Gasteiger partial charge on any atom is -0.507 e. The van der Waals surface area contributed by atoms with E-state index in [2.05, 4.69) is 5.32 Å². The molecule has 71 heavy (non-hydrogen) atoms. The zero-order chi connectivity index (χ0) is 52.6. The van der Waals surface area contributed by atoms with Crippen molar-refractivity contribution in [2.75, 3.05) is 6.79 Å². The standard InChI is InChI=1S/C52H69NO18/c1-23-14-13-15-32(29(7)68-50(63)51(10,11)20-24(2)54)43(59)26(4)42(58)27(5)46(69-31(9)55)25(3)36(70-38-19-37-48(30(8)67-38)65-22-64-37)16-17-66-52(12)21-35(57)40-39-34(56)18-33(53-49(23)62)45(61)41(39)44(60)28(6)47(40)71-52/h13-18,25-27,29-30,32,35-38,42-43,46,48,57-60H,19-22H2,1-12H3,(H,53,62)/b15-13+,17-16+,23-14-. The van der Waals surface area contributed by atoms with E-state index < -0.39 is 130 Å². The number of benzene rings is 1. The molecule has 7 aliphatic heterocycles. The van der Waals surface area contributed by atoms with Gasteiger partial charge >= 0.3 is 11.9 Å². The van der Waals surface area contributed by atoms with E-state index in [1.54, 1.807) is 34.6 Å². The van der Waals surface area contributed by atoms with Crippen molar-refractivity contribution >= 4 is 35.2 Å². The average Bonchev–Trinajstić information content (AvgIpc) is 3.77. The average molecular weight is 996 g/mol. The predicted molar refractivity (Wildman–Crippen MR) is 251 cm³/mol. The molecule has 2 fully saturated rings. The highest BCUT2D eigenvalue weighted by molar-refractivity contribution is 6.27. The second-order valence-corrected chi connectivity index (χ2v) is 20.5. The summed E-state index contributed by atoms with van der Waals surface area (Å²) in [6.45, 7) is 18.5. The Morgan fingerprint density at radius 2 is 1.65 bits per heavy atom. The van der Waals surface area contributed by atoms with E-state index in [-0.39, 0.29) is 72.1 Å². The number of carbonyl (C=O) groups excluding carboxylic acids is 6. The molecule has 0 radical (unpaired) electrons. The molecule has 1 amide bonds. The van der Waals surface area contributed by atoms with Crippen LogP contribution in [0.25, 0.3) is 0 Å². The fourth-order valence-electron chi connectivity index (χ4n) is 10.1. The molecule has 9 rings (SSSR count). The number of aliphatic hydroxyl groups is 3. The molecule has 1 aliphatic carbocycles. The number of aromatic hydroxyl groups is 1. The molecule has 7 heterocycles. The molecule has 19 heteroatoms. The quantitative estimate of drug-likeness (QED) is 0.214. The molecule has 0 saturated carbocycles.